The van der Waals surface area contributed by atoms with E-state index in [9.17, 15) is 9.59 Å². The van der Waals surface area contributed by atoms with E-state index in [-0.39, 0.29) is 18.5 Å². The van der Waals surface area contributed by atoms with Crippen LogP contribution in [-0.2, 0) is 18.4 Å². The SMILES string of the molecule is Cc1c(N=Cc2cn(CCC(=O)O)nc2-c2cccc(Cl)c2)c(=O)n(-c2ccccc2)n1C. The molecular weight excluding hydrogens is 442 g/mol. The van der Waals surface area contributed by atoms with Gasteiger partial charge in [0, 0.05) is 35.6 Å². The first kappa shape index (κ1) is 22.3. The Morgan fingerprint density at radius 1 is 1.18 bits per heavy atom. The van der Waals surface area contributed by atoms with E-state index < -0.39 is 5.97 Å². The number of rotatable bonds is 7. The lowest BCUT2D eigenvalue weighted by atomic mass is 10.1. The van der Waals surface area contributed by atoms with Gasteiger partial charge in [0.15, 0.2) is 5.69 Å². The second-order valence-corrected chi connectivity index (χ2v) is 7.95. The van der Waals surface area contributed by atoms with Gasteiger partial charge in [-0.1, -0.05) is 41.9 Å². The lowest BCUT2D eigenvalue weighted by Gasteiger charge is -2.07. The van der Waals surface area contributed by atoms with Gasteiger partial charge >= 0.3 is 5.97 Å². The molecule has 168 valence electrons. The second kappa shape index (κ2) is 9.30. The van der Waals surface area contributed by atoms with Crippen LogP contribution in [0.3, 0.4) is 0 Å². The van der Waals surface area contributed by atoms with Gasteiger partial charge in [-0.2, -0.15) is 5.10 Å². The summed E-state index contributed by atoms with van der Waals surface area (Å²) in [5.41, 5.74) is 3.56. The topological polar surface area (TPSA) is 94.4 Å². The van der Waals surface area contributed by atoms with Crippen molar-refractivity contribution in [3.8, 4) is 16.9 Å². The Morgan fingerprint density at radius 2 is 1.94 bits per heavy atom. The molecule has 9 heteroatoms. The van der Waals surface area contributed by atoms with Crippen LogP contribution in [0.4, 0.5) is 5.69 Å². The first-order valence-corrected chi connectivity index (χ1v) is 10.7. The Morgan fingerprint density at radius 3 is 2.64 bits per heavy atom. The van der Waals surface area contributed by atoms with Gasteiger partial charge in [0.1, 0.15) is 5.69 Å². The molecule has 33 heavy (non-hydrogen) atoms. The number of para-hydroxylation sites is 1. The van der Waals surface area contributed by atoms with Crippen LogP contribution in [0.1, 0.15) is 17.7 Å². The molecule has 0 spiro atoms. The Kier molecular flexibility index (Phi) is 6.28. The number of aliphatic imine (C=N–C) groups is 1. The van der Waals surface area contributed by atoms with E-state index in [1.807, 2.05) is 56.4 Å². The maximum atomic E-state index is 13.1. The average Bonchev–Trinajstić information content (AvgIpc) is 3.30. The number of nitrogens with zero attached hydrogens (tertiary/aromatic N) is 5. The second-order valence-electron chi connectivity index (χ2n) is 7.52. The van der Waals surface area contributed by atoms with Gasteiger partial charge < -0.3 is 5.11 Å². The van der Waals surface area contributed by atoms with Crippen LogP contribution in [0.5, 0.6) is 0 Å². The van der Waals surface area contributed by atoms with E-state index in [1.165, 1.54) is 0 Å². The van der Waals surface area contributed by atoms with Crippen LogP contribution < -0.4 is 5.56 Å². The third-order valence-corrected chi connectivity index (χ3v) is 5.53. The number of carboxylic acids is 1. The molecule has 0 saturated heterocycles. The molecule has 2 aromatic carbocycles. The molecule has 4 rings (SSSR count). The number of aryl methyl sites for hydroxylation is 1. The largest absolute Gasteiger partial charge is 0.481 e. The Balaban J connectivity index is 1.77. The van der Waals surface area contributed by atoms with E-state index >= 15 is 0 Å². The molecule has 0 aliphatic heterocycles. The minimum absolute atomic E-state index is 0.0627. The van der Waals surface area contributed by atoms with E-state index in [0.29, 0.717) is 27.7 Å². The molecule has 0 atom stereocenters. The Bertz CT molecular complexity index is 1400. The maximum absolute atomic E-state index is 13.1. The summed E-state index contributed by atoms with van der Waals surface area (Å²) in [4.78, 5) is 28.6. The third-order valence-electron chi connectivity index (χ3n) is 5.30. The zero-order chi connectivity index (χ0) is 23.5. The van der Waals surface area contributed by atoms with Gasteiger partial charge in [-0.3, -0.25) is 19.0 Å². The van der Waals surface area contributed by atoms with Crippen LogP contribution >= 0.6 is 11.6 Å². The summed E-state index contributed by atoms with van der Waals surface area (Å²) < 4.78 is 4.89. The van der Waals surface area contributed by atoms with Crippen molar-refractivity contribution in [2.75, 3.05) is 0 Å². The fraction of sp³-hybridized carbons (Fsp3) is 0.167. The number of hydrogen-bond acceptors (Lipinski definition) is 4. The summed E-state index contributed by atoms with van der Waals surface area (Å²) in [6, 6.07) is 16.6. The highest BCUT2D eigenvalue weighted by atomic mass is 35.5. The molecule has 0 aliphatic carbocycles. The molecule has 0 saturated carbocycles. The predicted molar refractivity (Wildman–Crippen MR) is 128 cm³/mol. The molecule has 0 radical (unpaired) electrons. The molecule has 0 amide bonds. The number of carbonyl (C=O) groups is 1. The molecular formula is C24H22ClN5O3. The Labute approximate surface area is 195 Å². The summed E-state index contributed by atoms with van der Waals surface area (Å²) in [7, 11) is 1.81. The molecule has 8 nitrogen and oxygen atoms in total. The lowest BCUT2D eigenvalue weighted by molar-refractivity contribution is -0.137. The molecule has 2 heterocycles. The lowest BCUT2D eigenvalue weighted by Crippen LogP contribution is -2.19. The maximum Gasteiger partial charge on any atom is 0.305 e. The molecule has 2 aromatic heterocycles. The average molecular weight is 464 g/mol. The van der Waals surface area contributed by atoms with Gasteiger partial charge in [-0.25, -0.2) is 9.67 Å². The first-order valence-electron chi connectivity index (χ1n) is 10.3. The molecule has 0 unspecified atom stereocenters. The van der Waals surface area contributed by atoms with Crippen LogP contribution in [-0.4, -0.2) is 36.4 Å². The van der Waals surface area contributed by atoms with Crippen molar-refractivity contribution in [3.63, 3.8) is 0 Å². The van der Waals surface area contributed by atoms with Crippen molar-refractivity contribution in [1.82, 2.24) is 19.1 Å². The summed E-state index contributed by atoms with van der Waals surface area (Å²) in [6.45, 7) is 2.05. The summed E-state index contributed by atoms with van der Waals surface area (Å²) in [5, 5.41) is 14.1. The standard InChI is InChI=1S/C24H22ClN5O3/c1-16-22(24(33)30(28(16)2)20-9-4-3-5-10-20)26-14-18-15-29(12-11-21(31)32)27-23(18)17-7-6-8-19(25)13-17/h3-10,13-15H,11-12H2,1-2H3,(H,31,32). The summed E-state index contributed by atoms with van der Waals surface area (Å²) >= 11 is 6.16. The van der Waals surface area contributed by atoms with Crippen molar-refractivity contribution in [3.05, 3.63) is 87.4 Å². The normalized spacial score (nSPS) is 11.4. The molecule has 4 aromatic rings. The van der Waals surface area contributed by atoms with Crippen LogP contribution in [0.25, 0.3) is 16.9 Å². The van der Waals surface area contributed by atoms with Crippen molar-refractivity contribution in [2.24, 2.45) is 12.0 Å². The number of aromatic nitrogens is 4. The van der Waals surface area contributed by atoms with E-state index in [4.69, 9.17) is 16.7 Å². The van der Waals surface area contributed by atoms with Crippen LogP contribution in [0.15, 0.2) is 70.6 Å². The zero-order valence-corrected chi connectivity index (χ0v) is 18.9. The fourth-order valence-corrected chi connectivity index (χ4v) is 3.74. The van der Waals surface area contributed by atoms with Gasteiger partial charge in [0.25, 0.3) is 5.56 Å². The van der Waals surface area contributed by atoms with Crippen molar-refractivity contribution in [1.29, 1.82) is 0 Å². The minimum atomic E-state index is -0.911. The predicted octanol–water partition coefficient (Wildman–Crippen LogP) is 4.23. The number of benzene rings is 2. The van der Waals surface area contributed by atoms with Crippen molar-refractivity contribution >= 4 is 29.5 Å². The van der Waals surface area contributed by atoms with Crippen LogP contribution in [0, 0.1) is 6.92 Å². The van der Waals surface area contributed by atoms with E-state index in [2.05, 4.69) is 10.1 Å². The quantitative estimate of drug-likeness (QED) is 0.415. The van der Waals surface area contributed by atoms with Gasteiger partial charge in [0.05, 0.1) is 24.3 Å². The highest BCUT2D eigenvalue weighted by Crippen LogP contribution is 2.25. The number of halogens is 1. The molecule has 0 aliphatic rings. The molecule has 1 N–H and O–H groups in total. The summed E-state index contributed by atoms with van der Waals surface area (Å²) in [6.07, 6.45) is 3.24. The van der Waals surface area contributed by atoms with Gasteiger partial charge in [0.2, 0.25) is 0 Å². The first-order chi connectivity index (χ1) is 15.8. The third kappa shape index (κ3) is 4.65. The number of aliphatic carboxylic acids is 1. The van der Waals surface area contributed by atoms with Crippen LogP contribution in [0.2, 0.25) is 5.02 Å². The van der Waals surface area contributed by atoms with Gasteiger partial charge in [-0.15, -0.1) is 0 Å². The minimum Gasteiger partial charge on any atom is -0.481 e. The summed E-state index contributed by atoms with van der Waals surface area (Å²) in [5.74, 6) is -0.911. The highest BCUT2D eigenvalue weighted by molar-refractivity contribution is 6.30. The Hall–Kier alpha value is -3.91. The highest BCUT2D eigenvalue weighted by Gasteiger charge is 2.16. The van der Waals surface area contributed by atoms with E-state index in [0.717, 1.165) is 11.3 Å². The molecule has 0 fully saturated rings. The number of carboxylic acid groups (broad SMARTS) is 1. The zero-order valence-electron chi connectivity index (χ0n) is 18.1. The number of hydrogen-bond donors (Lipinski definition) is 1. The fourth-order valence-electron chi connectivity index (χ4n) is 3.55. The van der Waals surface area contributed by atoms with E-state index in [1.54, 1.807) is 38.6 Å². The van der Waals surface area contributed by atoms with Crippen molar-refractivity contribution in [2.45, 2.75) is 19.9 Å². The van der Waals surface area contributed by atoms with Crippen molar-refractivity contribution < 1.29 is 9.90 Å². The van der Waals surface area contributed by atoms with Gasteiger partial charge in [-0.05, 0) is 31.2 Å². The molecule has 0 bridgehead atoms. The smallest absolute Gasteiger partial charge is 0.305 e. The monoisotopic (exact) mass is 463 g/mol.